The van der Waals surface area contributed by atoms with Crippen molar-refractivity contribution in [2.75, 3.05) is 0 Å². The average molecular weight is 255 g/mol. The molecule has 0 aliphatic rings. The second kappa shape index (κ2) is 4.61. The van der Waals surface area contributed by atoms with E-state index in [-0.39, 0.29) is 5.91 Å². The lowest BCUT2D eigenvalue weighted by atomic mass is 10.2. The van der Waals surface area contributed by atoms with Crippen LogP contribution in [0.4, 0.5) is 0 Å². The van der Waals surface area contributed by atoms with Gasteiger partial charge in [0, 0.05) is 12.6 Å². The maximum absolute atomic E-state index is 12.0. The molecule has 2 aromatic heterocycles. The summed E-state index contributed by atoms with van der Waals surface area (Å²) in [6.45, 7) is 0.381. The minimum atomic E-state index is -0.135. The van der Waals surface area contributed by atoms with E-state index in [9.17, 15) is 4.79 Å². The van der Waals surface area contributed by atoms with Gasteiger partial charge in [0.05, 0.1) is 30.2 Å². The molecule has 0 aliphatic carbocycles. The number of nitrogens with zero attached hydrogens (tertiary/aromatic N) is 2. The largest absolute Gasteiger partial charge is 0.467 e. The minimum absolute atomic E-state index is 0.135. The predicted molar refractivity (Wildman–Crippen MR) is 70.6 cm³/mol. The Bertz CT molecular complexity index is 713. The van der Waals surface area contributed by atoms with E-state index < -0.39 is 0 Å². The molecule has 0 aliphatic heterocycles. The van der Waals surface area contributed by atoms with Gasteiger partial charge in [-0.25, -0.2) is 4.98 Å². The van der Waals surface area contributed by atoms with Crippen LogP contribution in [-0.4, -0.2) is 15.5 Å². The summed E-state index contributed by atoms with van der Waals surface area (Å²) in [6, 6.07) is 9.09. The number of aromatic nitrogens is 2. The zero-order chi connectivity index (χ0) is 13.2. The predicted octanol–water partition coefficient (Wildman–Crippen LogP) is 2.10. The first kappa shape index (κ1) is 11.5. The van der Waals surface area contributed by atoms with Crippen molar-refractivity contribution in [1.29, 1.82) is 0 Å². The molecule has 0 saturated heterocycles. The molecule has 0 spiro atoms. The van der Waals surface area contributed by atoms with Gasteiger partial charge in [0.25, 0.3) is 5.91 Å². The lowest BCUT2D eigenvalue weighted by Gasteiger charge is -2.03. The number of hydrogen-bond acceptors (Lipinski definition) is 3. The average Bonchev–Trinajstić information content (AvgIpc) is 3.06. The standard InChI is InChI=1S/C14H13N3O2/c1-17-9-16-12-7-10(4-5-13(12)17)14(18)15-8-11-3-2-6-19-11/h2-7,9H,8H2,1H3,(H,15,18). The minimum Gasteiger partial charge on any atom is -0.467 e. The van der Waals surface area contributed by atoms with Gasteiger partial charge in [-0.1, -0.05) is 0 Å². The quantitative estimate of drug-likeness (QED) is 0.779. The second-order valence-corrected chi connectivity index (χ2v) is 4.32. The van der Waals surface area contributed by atoms with Crippen molar-refractivity contribution >= 4 is 16.9 Å². The van der Waals surface area contributed by atoms with Crippen molar-refractivity contribution in [2.45, 2.75) is 6.54 Å². The number of imidazole rings is 1. The molecule has 0 bridgehead atoms. The molecule has 0 fully saturated rings. The second-order valence-electron chi connectivity index (χ2n) is 4.32. The molecular formula is C14H13N3O2. The van der Waals surface area contributed by atoms with Gasteiger partial charge in [-0.15, -0.1) is 0 Å². The summed E-state index contributed by atoms with van der Waals surface area (Å²) in [6.07, 6.45) is 3.32. The molecule has 0 radical (unpaired) electrons. The van der Waals surface area contributed by atoms with Gasteiger partial charge >= 0.3 is 0 Å². The van der Waals surface area contributed by atoms with Gasteiger partial charge in [0.15, 0.2) is 0 Å². The van der Waals surface area contributed by atoms with Crippen LogP contribution in [0.25, 0.3) is 11.0 Å². The molecule has 0 unspecified atom stereocenters. The van der Waals surface area contributed by atoms with Crippen LogP contribution in [0.15, 0.2) is 47.3 Å². The number of nitrogens with one attached hydrogen (secondary N) is 1. The molecule has 3 rings (SSSR count). The maximum atomic E-state index is 12.0. The van der Waals surface area contributed by atoms with E-state index in [1.54, 1.807) is 30.8 Å². The van der Waals surface area contributed by atoms with E-state index in [2.05, 4.69) is 10.3 Å². The van der Waals surface area contributed by atoms with Crippen LogP contribution in [0, 0.1) is 0 Å². The van der Waals surface area contributed by atoms with Gasteiger partial charge in [0.1, 0.15) is 5.76 Å². The van der Waals surface area contributed by atoms with E-state index >= 15 is 0 Å². The molecule has 19 heavy (non-hydrogen) atoms. The van der Waals surface area contributed by atoms with Crippen LogP contribution >= 0.6 is 0 Å². The highest BCUT2D eigenvalue weighted by atomic mass is 16.3. The molecular weight excluding hydrogens is 242 g/mol. The lowest BCUT2D eigenvalue weighted by Crippen LogP contribution is -2.22. The van der Waals surface area contributed by atoms with Gasteiger partial charge < -0.3 is 14.3 Å². The normalized spacial score (nSPS) is 10.8. The molecule has 0 atom stereocenters. The third-order valence-electron chi connectivity index (χ3n) is 2.99. The highest BCUT2D eigenvalue weighted by Gasteiger charge is 2.08. The Morgan fingerprint density at radius 2 is 2.32 bits per heavy atom. The Labute approximate surface area is 109 Å². The van der Waals surface area contributed by atoms with E-state index in [1.165, 1.54) is 0 Å². The maximum Gasteiger partial charge on any atom is 0.251 e. The highest BCUT2D eigenvalue weighted by molar-refractivity contribution is 5.97. The molecule has 96 valence electrons. The number of aryl methyl sites for hydroxylation is 1. The third-order valence-corrected chi connectivity index (χ3v) is 2.99. The van der Waals surface area contributed by atoms with Crippen molar-refractivity contribution in [2.24, 2.45) is 7.05 Å². The van der Waals surface area contributed by atoms with Gasteiger partial charge in [-0.3, -0.25) is 4.79 Å². The zero-order valence-corrected chi connectivity index (χ0v) is 10.5. The SMILES string of the molecule is Cn1cnc2cc(C(=O)NCc3ccco3)ccc21. The fraction of sp³-hybridized carbons (Fsp3) is 0.143. The van der Waals surface area contributed by atoms with Crippen molar-refractivity contribution in [3.63, 3.8) is 0 Å². The molecule has 1 aromatic carbocycles. The van der Waals surface area contributed by atoms with Crippen molar-refractivity contribution in [1.82, 2.24) is 14.9 Å². The summed E-state index contributed by atoms with van der Waals surface area (Å²) in [4.78, 5) is 16.2. The monoisotopic (exact) mass is 255 g/mol. The Balaban J connectivity index is 1.77. The van der Waals surface area contributed by atoms with Gasteiger partial charge in [-0.2, -0.15) is 0 Å². The van der Waals surface area contributed by atoms with Crippen molar-refractivity contribution in [3.8, 4) is 0 Å². The molecule has 5 heteroatoms. The lowest BCUT2D eigenvalue weighted by molar-refractivity contribution is 0.0948. The summed E-state index contributed by atoms with van der Waals surface area (Å²) < 4.78 is 7.08. The Morgan fingerprint density at radius 1 is 1.42 bits per heavy atom. The van der Waals surface area contributed by atoms with Gasteiger partial charge in [-0.05, 0) is 30.3 Å². The first-order valence-corrected chi connectivity index (χ1v) is 5.96. The molecule has 5 nitrogen and oxygen atoms in total. The summed E-state index contributed by atoms with van der Waals surface area (Å²) in [5, 5.41) is 2.81. The summed E-state index contributed by atoms with van der Waals surface area (Å²) in [5.74, 6) is 0.594. The zero-order valence-electron chi connectivity index (χ0n) is 10.5. The third kappa shape index (κ3) is 2.22. The number of amides is 1. The van der Waals surface area contributed by atoms with E-state index in [0.29, 0.717) is 12.1 Å². The summed E-state index contributed by atoms with van der Waals surface area (Å²) in [5.41, 5.74) is 2.41. The van der Waals surface area contributed by atoms with Crippen LogP contribution < -0.4 is 5.32 Å². The molecule has 3 aromatic rings. The number of benzene rings is 1. The number of carbonyl (C=O) groups is 1. The number of carbonyl (C=O) groups excluding carboxylic acids is 1. The fourth-order valence-electron chi connectivity index (χ4n) is 1.96. The molecule has 2 heterocycles. The summed E-state index contributed by atoms with van der Waals surface area (Å²) in [7, 11) is 1.92. The Kier molecular flexibility index (Phi) is 2.79. The highest BCUT2D eigenvalue weighted by Crippen LogP contribution is 2.14. The van der Waals surface area contributed by atoms with Crippen LogP contribution in [-0.2, 0) is 13.6 Å². The fourth-order valence-corrected chi connectivity index (χ4v) is 1.96. The number of fused-ring (bicyclic) bond motifs is 1. The first-order valence-electron chi connectivity index (χ1n) is 5.96. The number of rotatable bonds is 3. The van der Waals surface area contributed by atoms with Crippen molar-refractivity contribution < 1.29 is 9.21 Å². The number of furan rings is 1. The van der Waals surface area contributed by atoms with E-state index in [4.69, 9.17) is 4.42 Å². The van der Waals surface area contributed by atoms with Crippen LogP contribution in [0.1, 0.15) is 16.1 Å². The molecule has 1 amide bonds. The van der Waals surface area contributed by atoms with Crippen molar-refractivity contribution in [3.05, 3.63) is 54.2 Å². The van der Waals surface area contributed by atoms with Gasteiger partial charge in [0.2, 0.25) is 0 Å². The smallest absolute Gasteiger partial charge is 0.251 e. The first-order chi connectivity index (χ1) is 9.24. The van der Waals surface area contributed by atoms with E-state index in [0.717, 1.165) is 16.8 Å². The van der Waals surface area contributed by atoms with Crippen LogP contribution in [0.2, 0.25) is 0 Å². The number of hydrogen-bond donors (Lipinski definition) is 1. The van der Waals surface area contributed by atoms with Crippen LogP contribution in [0.5, 0.6) is 0 Å². The van der Waals surface area contributed by atoms with E-state index in [1.807, 2.05) is 23.7 Å². The Morgan fingerprint density at radius 3 is 3.11 bits per heavy atom. The topological polar surface area (TPSA) is 60.1 Å². The Hall–Kier alpha value is -2.56. The van der Waals surface area contributed by atoms with Crippen LogP contribution in [0.3, 0.4) is 0 Å². The molecule has 0 saturated carbocycles. The molecule has 1 N–H and O–H groups in total. The summed E-state index contributed by atoms with van der Waals surface area (Å²) >= 11 is 0.